The average molecular weight is 264 g/mol. The minimum atomic E-state index is -1.16. The molecular weight excluding hydrogens is 244 g/mol. The van der Waals surface area contributed by atoms with Crippen LogP contribution in [0.4, 0.5) is 0 Å². The Hall–Kier alpha value is -1.65. The molecule has 19 heavy (non-hydrogen) atoms. The van der Waals surface area contributed by atoms with Gasteiger partial charge in [-0.05, 0) is 32.4 Å². The fraction of sp³-hybridized carbons (Fsp3) is 0.400. The minimum Gasteiger partial charge on any atom is -0.457 e. The third-order valence-electron chi connectivity index (χ3n) is 2.30. The molecule has 0 heterocycles. The van der Waals surface area contributed by atoms with Crippen LogP contribution in [0.15, 0.2) is 42.5 Å². The summed E-state index contributed by atoms with van der Waals surface area (Å²) in [6.45, 7) is 5.27. The molecule has 0 spiro atoms. The van der Waals surface area contributed by atoms with Gasteiger partial charge in [-0.3, -0.25) is 0 Å². The van der Waals surface area contributed by atoms with Gasteiger partial charge in [0.1, 0.15) is 17.8 Å². The summed E-state index contributed by atoms with van der Waals surface area (Å²) < 4.78 is 5.06. The molecule has 0 amide bonds. The fourth-order valence-electron chi connectivity index (χ4n) is 1.47. The summed E-state index contributed by atoms with van der Waals surface area (Å²) in [6.07, 6.45) is 0.128. The van der Waals surface area contributed by atoms with Crippen LogP contribution < -0.4 is 0 Å². The maximum absolute atomic E-state index is 11.4. The van der Waals surface area contributed by atoms with Crippen molar-refractivity contribution in [3.05, 3.63) is 48.0 Å². The lowest BCUT2D eigenvalue weighted by Crippen LogP contribution is -2.23. The van der Waals surface area contributed by atoms with Crippen molar-refractivity contribution in [2.24, 2.45) is 0 Å². The number of rotatable bonds is 4. The lowest BCUT2D eigenvalue weighted by Gasteiger charge is -2.18. The Morgan fingerprint density at radius 2 is 1.79 bits per heavy atom. The van der Waals surface area contributed by atoms with Crippen molar-refractivity contribution < 1.29 is 19.7 Å². The van der Waals surface area contributed by atoms with Gasteiger partial charge in [-0.1, -0.05) is 30.3 Å². The zero-order valence-corrected chi connectivity index (χ0v) is 11.4. The first-order chi connectivity index (χ1) is 8.79. The summed E-state index contributed by atoms with van der Waals surface area (Å²) in [6, 6.07) is 8.76. The molecule has 0 unspecified atom stereocenters. The zero-order valence-electron chi connectivity index (χ0n) is 11.4. The molecule has 0 fully saturated rings. The zero-order chi connectivity index (χ0) is 14.5. The second kappa shape index (κ2) is 6.50. The van der Waals surface area contributed by atoms with Crippen LogP contribution in [0.1, 0.15) is 32.4 Å². The van der Waals surface area contributed by atoms with Gasteiger partial charge in [0.15, 0.2) is 0 Å². The molecular formula is C15H20O4. The Morgan fingerprint density at radius 3 is 2.32 bits per heavy atom. The van der Waals surface area contributed by atoms with Gasteiger partial charge >= 0.3 is 5.97 Å². The summed E-state index contributed by atoms with van der Waals surface area (Å²) >= 11 is 0. The largest absolute Gasteiger partial charge is 0.457 e. The van der Waals surface area contributed by atoms with Gasteiger partial charge in [0.2, 0.25) is 0 Å². The van der Waals surface area contributed by atoms with Crippen molar-refractivity contribution in [3.8, 4) is 0 Å². The number of hydrogen-bond donors (Lipinski definition) is 2. The Labute approximate surface area is 113 Å². The summed E-state index contributed by atoms with van der Waals surface area (Å²) in [5.41, 5.74) is 0.00794. The van der Waals surface area contributed by atoms with E-state index >= 15 is 0 Å². The van der Waals surface area contributed by atoms with E-state index in [2.05, 4.69) is 0 Å². The summed E-state index contributed by atoms with van der Waals surface area (Å²) in [7, 11) is 0. The molecule has 1 aromatic rings. The third-order valence-corrected chi connectivity index (χ3v) is 2.30. The number of ether oxygens (including phenoxy) is 1. The molecule has 4 heteroatoms. The van der Waals surface area contributed by atoms with E-state index in [1.165, 1.54) is 6.08 Å². The third kappa shape index (κ3) is 5.68. The van der Waals surface area contributed by atoms with Crippen LogP contribution in [0.25, 0.3) is 0 Å². The number of aliphatic hydroxyl groups excluding tert-OH is 2. The SMILES string of the molecule is CC(C)(C)OC(=O)/C=C/[C@@H](O)[C@H](O)c1ccccc1. The number of esters is 1. The van der Waals surface area contributed by atoms with E-state index in [4.69, 9.17) is 4.74 Å². The summed E-state index contributed by atoms with van der Waals surface area (Å²) in [5, 5.41) is 19.7. The van der Waals surface area contributed by atoms with Gasteiger partial charge in [0, 0.05) is 6.08 Å². The molecule has 0 radical (unpaired) electrons. The van der Waals surface area contributed by atoms with Crippen LogP contribution in [0.5, 0.6) is 0 Å². The molecule has 0 aromatic heterocycles. The van der Waals surface area contributed by atoms with Crippen LogP contribution in [0.2, 0.25) is 0 Å². The smallest absolute Gasteiger partial charge is 0.331 e. The molecule has 0 saturated heterocycles. The lowest BCUT2D eigenvalue weighted by molar-refractivity contribution is -0.148. The molecule has 1 rings (SSSR count). The molecule has 2 N–H and O–H groups in total. The number of benzene rings is 1. The second-order valence-corrected chi connectivity index (χ2v) is 5.24. The van der Waals surface area contributed by atoms with Gasteiger partial charge in [-0.25, -0.2) is 4.79 Å². The molecule has 0 bridgehead atoms. The Morgan fingerprint density at radius 1 is 1.21 bits per heavy atom. The van der Waals surface area contributed by atoms with Crippen molar-refractivity contribution in [3.63, 3.8) is 0 Å². The van der Waals surface area contributed by atoms with Crippen molar-refractivity contribution in [2.75, 3.05) is 0 Å². The number of carbonyl (C=O) groups is 1. The Bertz CT molecular complexity index is 431. The highest BCUT2D eigenvalue weighted by Crippen LogP contribution is 2.17. The monoisotopic (exact) mass is 264 g/mol. The van der Waals surface area contributed by atoms with E-state index in [-0.39, 0.29) is 0 Å². The average Bonchev–Trinajstić information content (AvgIpc) is 2.34. The molecule has 2 atom stereocenters. The first-order valence-corrected chi connectivity index (χ1v) is 6.12. The Kier molecular flexibility index (Phi) is 5.27. The van der Waals surface area contributed by atoms with Crippen LogP contribution in [0, 0.1) is 0 Å². The van der Waals surface area contributed by atoms with Gasteiger partial charge in [0.05, 0.1) is 0 Å². The maximum Gasteiger partial charge on any atom is 0.331 e. The van der Waals surface area contributed by atoms with Gasteiger partial charge in [-0.15, -0.1) is 0 Å². The highest BCUT2D eigenvalue weighted by molar-refractivity contribution is 5.82. The maximum atomic E-state index is 11.4. The van der Waals surface area contributed by atoms with Crippen LogP contribution in [0.3, 0.4) is 0 Å². The Balaban J connectivity index is 2.60. The van der Waals surface area contributed by atoms with Crippen molar-refractivity contribution in [1.82, 2.24) is 0 Å². The summed E-state index contributed by atoms with van der Waals surface area (Å²) in [5.74, 6) is -0.549. The minimum absolute atomic E-state index is 0.549. The van der Waals surface area contributed by atoms with E-state index in [0.29, 0.717) is 5.56 Å². The van der Waals surface area contributed by atoms with Gasteiger partial charge in [0.25, 0.3) is 0 Å². The summed E-state index contributed by atoms with van der Waals surface area (Å²) in [4.78, 5) is 11.4. The number of aliphatic hydroxyl groups is 2. The molecule has 104 valence electrons. The highest BCUT2D eigenvalue weighted by Gasteiger charge is 2.17. The number of hydrogen-bond acceptors (Lipinski definition) is 4. The molecule has 0 aliphatic heterocycles. The molecule has 4 nitrogen and oxygen atoms in total. The molecule has 1 aromatic carbocycles. The first-order valence-electron chi connectivity index (χ1n) is 6.12. The van der Waals surface area contributed by atoms with E-state index in [1.807, 2.05) is 6.07 Å². The highest BCUT2D eigenvalue weighted by atomic mass is 16.6. The second-order valence-electron chi connectivity index (χ2n) is 5.24. The van der Waals surface area contributed by atoms with Crippen molar-refractivity contribution in [2.45, 2.75) is 38.6 Å². The van der Waals surface area contributed by atoms with E-state index < -0.39 is 23.8 Å². The van der Waals surface area contributed by atoms with Gasteiger partial charge in [-0.2, -0.15) is 0 Å². The quantitative estimate of drug-likeness (QED) is 0.644. The van der Waals surface area contributed by atoms with Crippen LogP contribution in [-0.4, -0.2) is 27.9 Å². The molecule has 0 aliphatic carbocycles. The van der Waals surface area contributed by atoms with Gasteiger partial charge < -0.3 is 14.9 Å². The fourth-order valence-corrected chi connectivity index (χ4v) is 1.47. The van der Waals surface area contributed by atoms with E-state index in [0.717, 1.165) is 6.08 Å². The number of carbonyl (C=O) groups excluding carboxylic acids is 1. The lowest BCUT2D eigenvalue weighted by atomic mass is 10.0. The van der Waals surface area contributed by atoms with Crippen molar-refractivity contribution >= 4 is 5.97 Å². The van der Waals surface area contributed by atoms with E-state index in [1.54, 1.807) is 45.0 Å². The van der Waals surface area contributed by atoms with E-state index in [9.17, 15) is 15.0 Å². The topological polar surface area (TPSA) is 66.8 Å². The first kappa shape index (κ1) is 15.4. The van der Waals surface area contributed by atoms with Crippen molar-refractivity contribution in [1.29, 1.82) is 0 Å². The molecule has 0 saturated carbocycles. The standard InChI is InChI=1S/C15H20O4/c1-15(2,3)19-13(17)10-9-12(16)14(18)11-7-5-4-6-8-11/h4-10,12,14,16,18H,1-3H3/b10-9+/t12-,14-/m1/s1. The molecule has 0 aliphatic rings. The predicted octanol–water partition coefficient (Wildman–Crippen LogP) is 1.98. The van der Waals surface area contributed by atoms with Crippen LogP contribution >= 0.6 is 0 Å². The normalized spacial score (nSPS) is 15.2. The van der Waals surface area contributed by atoms with Crippen LogP contribution in [-0.2, 0) is 9.53 Å². The predicted molar refractivity (Wildman–Crippen MR) is 72.4 cm³/mol.